The van der Waals surface area contributed by atoms with E-state index in [1.807, 2.05) is 18.2 Å². The summed E-state index contributed by atoms with van der Waals surface area (Å²) in [6.45, 7) is 6.63. The van der Waals surface area contributed by atoms with Gasteiger partial charge >= 0.3 is 0 Å². The van der Waals surface area contributed by atoms with Gasteiger partial charge in [0.15, 0.2) is 0 Å². The Labute approximate surface area is 109 Å². The van der Waals surface area contributed by atoms with E-state index in [-0.39, 0.29) is 12.5 Å². The number of hydrogen-bond donors (Lipinski definition) is 2. The van der Waals surface area contributed by atoms with E-state index in [9.17, 15) is 4.79 Å². The van der Waals surface area contributed by atoms with Crippen LogP contribution in [0.3, 0.4) is 0 Å². The standard InChI is InChI=1S/C14H23N3O/c1-11(2)8-17(10-14(16)18)9-13-6-4-3-5-12(13)7-15/h3-6,11H,7-10,15H2,1-2H3,(H2,16,18). The number of carbonyl (C=O) groups excluding carboxylic acids is 1. The molecule has 0 aliphatic carbocycles. The molecule has 1 amide bonds. The van der Waals surface area contributed by atoms with E-state index in [0.29, 0.717) is 19.0 Å². The lowest BCUT2D eigenvalue weighted by Crippen LogP contribution is -2.36. The molecule has 100 valence electrons. The first-order valence-electron chi connectivity index (χ1n) is 6.30. The van der Waals surface area contributed by atoms with Crippen molar-refractivity contribution in [1.82, 2.24) is 4.90 Å². The Balaban J connectivity index is 2.77. The number of rotatable bonds is 7. The number of nitrogens with two attached hydrogens (primary N) is 2. The van der Waals surface area contributed by atoms with E-state index >= 15 is 0 Å². The number of benzene rings is 1. The molecule has 4 nitrogen and oxygen atoms in total. The van der Waals surface area contributed by atoms with Crippen LogP contribution in [0.5, 0.6) is 0 Å². The molecule has 0 unspecified atom stereocenters. The van der Waals surface area contributed by atoms with E-state index in [1.54, 1.807) is 0 Å². The molecule has 0 heterocycles. The second kappa shape index (κ2) is 7.13. The van der Waals surface area contributed by atoms with Crippen LogP contribution in [0.1, 0.15) is 25.0 Å². The van der Waals surface area contributed by atoms with Crippen LogP contribution in [-0.4, -0.2) is 23.9 Å². The summed E-state index contributed by atoms with van der Waals surface area (Å²) in [4.78, 5) is 13.2. The quantitative estimate of drug-likeness (QED) is 0.759. The lowest BCUT2D eigenvalue weighted by Gasteiger charge is -2.23. The maximum absolute atomic E-state index is 11.1. The Bertz CT molecular complexity index is 390. The van der Waals surface area contributed by atoms with Crippen LogP contribution in [0.2, 0.25) is 0 Å². The molecule has 0 radical (unpaired) electrons. The summed E-state index contributed by atoms with van der Waals surface area (Å²) in [5, 5.41) is 0. The zero-order chi connectivity index (χ0) is 13.5. The summed E-state index contributed by atoms with van der Waals surface area (Å²) in [6.07, 6.45) is 0. The Morgan fingerprint density at radius 3 is 2.39 bits per heavy atom. The molecule has 1 aromatic carbocycles. The van der Waals surface area contributed by atoms with E-state index in [4.69, 9.17) is 11.5 Å². The number of primary amides is 1. The first kappa shape index (κ1) is 14.7. The van der Waals surface area contributed by atoms with Gasteiger partial charge in [-0.2, -0.15) is 0 Å². The second-order valence-electron chi connectivity index (χ2n) is 5.00. The van der Waals surface area contributed by atoms with Gasteiger partial charge in [0.25, 0.3) is 0 Å². The van der Waals surface area contributed by atoms with Crippen molar-refractivity contribution >= 4 is 5.91 Å². The molecule has 0 aliphatic rings. The maximum Gasteiger partial charge on any atom is 0.231 e. The van der Waals surface area contributed by atoms with Gasteiger partial charge in [-0.25, -0.2) is 0 Å². The van der Waals surface area contributed by atoms with Crippen LogP contribution in [-0.2, 0) is 17.9 Å². The van der Waals surface area contributed by atoms with Gasteiger partial charge in [-0.15, -0.1) is 0 Å². The molecule has 0 aliphatic heterocycles. The Morgan fingerprint density at radius 1 is 1.28 bits per heavy atom. The van der Waals surface area contributed by atoms with E-state index in [1.165, 1.54) is 5.56 Å². The first-order valence-corrected chi connectivity index (χ1v) is 6.30. The minimum atomic E-state index is -0.291. The Hall–Kier alpha value is -1.39. The third-order valence-electron chi connectivity index (χ3n) is 2.74. The molecule has 1 aromatic rings. The third kappa shape index (κ3) is 4.85. The maximum atomic E-state index is 11.1. The van der Waals surface area contributed by atoms with Crippen molar-refractivity contribution in [3.8, 4) is 0 Å². The number of amides is 1. The topological polar surface area (TPSA) is 72.3 Å². The third-order valence-corrected chi connectivity index (χ3v) is 2.74. The molecule has 0 bridgehead atoms. The monoisotopic (exact) mass is 249 g/mol. The molecule has 0 spiro atoms. The summed E-state index contributed by atoms with van der Waals surface area (Å²) in [5.41, 5.74) is 13.3. The number of hydrogen-bond acceptors (Lipinski definition) is 3. The fraction of sp³-hybridized carbons (Fsp3) is 0.500. The van der Waals surface area contributed by atoms with Gasteiger partial charge in [-0.1, -0.05) is 38.1 Å². The molecule has 18 heavy (non-hydrogen) atoms. The van der Waals surface area contributed by atoms with E-state index < -0.39 is 0 Å². The lowest BCUT2D eigenvalue weighted by molar-refractivity contribution is -0.119. The molecule has 0 saturated heterocycles. The summed E-state index contributed by atoms with van der Waals surface area (Å²) in [6, 6.07) is 8.04. The fourth-order valence-electron chi connectivity index (χ4n) is 2.07. The van der Waals surface area contributed by atoms with Crippen molar-refractivity contribution in [2.24, 2.45) is 17.4 Å². The van der Waals surface area contributed by atoms with Crippen molar-refractivity contribution in [2.45, 2.75) is 26.9 Å². The SMILES string of the molecule is CC(C)CN(CC(N)=O)Cc1ccccc1CN. The zero-order valence-corrected chi connectivity index (χ0v) is 11.2. The van der Waals surface area contributed by atoms with Gasteiger partial charge in [0.2, 0.25) is 5.91 Å². The molecular formula is C14H23N3O. The highest BCUT2D eigenvalue weighted by molar-refractivity contribution is 5.75. The summed E-state index contributed by atoms with van der Waals surface area (Å²) >= 11 is 0. The molecule has 4 heteroatoms. The lowest BCUT2D eigenvalue weighted by atomic mass is 10.1. The van der Waals surface area contributed by atoms with Crippen LogP contribution in [0.25, 0.3) is 0 Å². The van der Waals surface area contributed by atoms with Gasteiger partial charge in [0.05, 0.1) is 6.54 Å². The van der Waals surface area contributed by atoms with Crippen molar-refractivity contribution < 1.29 is 4.79 Å². The fourth-order valence-corrected chi connectivity index (χ4v) is 2.07. The van der Waals surface area contributed by atoms with Crippen molar-refractivity contribution in [3.05, 3.63) is 35.4 Å². The summed E-state index contributed by atoms with van der Waals surface area (Å²) in [7, 11) is 0. The van der Waals surface area contributed by atoms with Crippen LogP contribution < -0.4 is 11.5 Å². The van der Waals surface area contributed by atoms with Gasteiger partial charge in [-0.05, 0) is 17.0 Å². The highest BCUT2D eigenvalue weighted by Gasteiger charge is 2.12. The summed E-state index contributed by atoms with van der Waals surface area (Å²) < 4.78 is 0. The molecular weight excluding hydrogens is 226 g/mol. The zero-order valence-electron chi connectivity index (χ0n) is 11.2. The normalized spacial score (nSPS) is 11.2. The van der Waals surface area contributed by atoms with E-state index in [0.717, 1.165) is 12.1 Å². The van der Waals surface area contributed by atoms with Gasteiger partial charge in [-0.3, -0.25) is 9.69 Å². The van der Waals surface area contributed by atoms with Crippen LogP contribution in [0, 0.1) is 5.92 Å². The molecule has 0 saturated carbocycles. The van der Waals surface area contributed by atoms with Crippen LogP contribution in [0.15, 0.2) is 24.3 Å². The van der Waals surface area contributed by atoms with Crippen molar-refractivity contribution in [3.63, 3.8) is 0 Å². The molecule has 0 fully saturated rings. The van der Waals surface area contributed by atoms with Gasteiger partial charge in [0.1, 0.15) is 0 Å². The average molecular weight is 249 g/mol. The Kier molecular flexibility index (Phi) is 5.82. The van der Waals surface area contributed by atoms with E-state index in [2.05, 4.69) is 24.8 Å². The summed E-state index contributed by atoms with van der Waals surface area (Å²) in [5.74, 6) is 0.204. The molecule has 0 atom stereocenters. The predicted octanol–water partition coefficient (Wildman–Crippen LogP) is 1.09. The largest absolute Gasteiger partial charge is 0.369 e. The van der Waals surface area contributed by atoms with Crippen LogP contribution >= 0.6 is 0 Å². The highest BCUT2D eigenvalue weighted by Crippen LogP contribution is 2.12. The Morgan fingerprint density at radius 2 is 1.89 bits per heavy atom. The first-order chi connectivity index (χ1) is 8.52. The minimum absolute atomic E-state index is 0.289. The smallest absolute Gasteiger partial charge is 0.231 e. The number of carbonyl (C=O) groups is 1. The minimum Gasteiger partial charge on any atom is -0.369 e. The average Bonchev–Trinajstić information content (AvgIpc) is 2.27. The van der Waals surface area contributed by atoms with Gasteiger partial charge in [0, 0.05) is 19.6 Å². The predicted molar refractivity (Wildman–Crippen MR) is 73.6 cm³/mol. The van der Waals surface area contributed by atoms with Gasteiger partial charge < -0.3 is 11.5 Å². The second-order valence-corrected chi connectivity index (χ2v) is 5.00. The van der Waals surface area contributed by atoms with Crippen molar-refractivity contribution in [1.29, 1.82) is 0 Å². The molecule has 4 N–H and O–H groups in total. The number of nitrogens with zero attached hydrogens (tertiary/aromatic N) is 1. The van der Waals surface area contributed by atoms with Crippen molar-refractivity contribution in [2.75, 3.05) is 13.1 Å². The van der Waals surface area contributed by atoms with Crippen LogP contribution in [0.4, 0.5) is 0 Å². The highest BCUT2D eigenvalue weighted by atomic mass is 16.1. The molecule has 0 aromatic heterocycles. The molecule has 1 rings (SSSR count).